The molecule has 1 atom stereocenters. The lowest BCUT2D eigenvalue weighted by Gasteiger charge is -2.37. The van der Waals surface area contributed by atoms with E-state index in [2.05, 4.69) is 5.32 Å². The molecule has 204 valence electrons. The van der Waals surface area contributed by atoms with Crippen molar-refractivity contribution in [3.8, 4) is 5.75 Å². The number of amides is 2. The summed E-state index contributed by atoms with van der Waals surface area (Å²) in [5.41, 5.74) is -3.86. The Morgan fingerprint density at radius 3 is 2.16 bits per heavy atom. The molecule has 2 N–H and O–H groups in total. The quantitative estimate of drug-likeness (QED) is 0.308. The topological polar surface area (TPSA) is 50.4 Å². The lowest BCUT2D eigenvalue weighted by molar-refractivity contribution is -0.140. The molecule has 0 saturated carbocycles. The van der Waals surface area contributed by atoms with Gasteiger partial charge in [0.2, 0.25) is 0 Å². The first kappa shape index (κ1) is 28.7. The molecule has 0 spiro atoms. The second kappa shape index (κ2) is 11.3. The Bertz CT molecular complexity index is 1260. The highest BCUT2D eigenvalue weighted by molar-refractivity contribution is 5.76. The van der Waals surface area contributed by atoms with Crippen LogP contribution >= 0.6 is 0 Å². The summed E-state index contributed by atoms with van der Waals surface area (Å²) in [6.45, 7) is -0.0616. The summed E-state index contributed by atoms with van der Waals surface area (Å²) in [6, 6.07) is 11.6. The first-order chi connectivity index (χ1) is 17.7. The molecule has 3 aromatic carbocycles. The van der Waals surface area contributed by atoms with Gasteiger partial charge < -0.3 is 15.4 Å². The monoisotopic (exact) mass is 546 g/mol. The van der Waals surface area contributed by atoms with Gasteiger partial charge in [0.15, 0.2) is 0 Å². The van der Waals surface area contributed by atoms with Gasteiger partial charge in [0.1, 0.15) is 23.9 Å². The number of benzene rings is 3. The summed E-state index contributed by atoms with van der Waals surface area (Å²) in [4.78, 5) is 12.7. The second-order valence-corrected chi connectivity index (χ2v) is 8.29. The van der Waals surface area contributed by atoms with Gasteiger partial charge in [0.25, 0.3) is 0 Å². The summed E-state index contributed by atoms with van der Waals surface area (Å²) in [7, 11) is 0. The number of urea groups is 1. The maximum atomic E-state index is 14.7. The lowest BCUT2D eigenvalue weighted by Crippen LogP contribution is -2.53. The molecule has 0 aliphatic carbocycles. The molecule has 0 aliphatic rings. The van der Waals surface area contributed by atoms with Crippen LogP contribution in [0.5, 0.6) is 5.75 Å². The predicted octanol–water partition coefficient (Wildman–Crippen LogP) is 6.73. The molecule has 0 aliphatic heterocycles. The summed E-state index contributed by atoms with van der Waals surface area (Å²) in [5.74, 6) is -2.54. The number of alkyl halides is 6. The Kier molecular flexibility index (Phi) is 8.53. The summed E-state index contributed by atoms with van der Waals surface area (Å²) < 4.78 is 114. The molecule has 0 radical (unpaired) electrons. The van der Waals surface area contributed by atoms with Crippen molar-refractivity contribution in [2.45, 2.75) is 31.2 Å². The molecule has 0 unspecified atom stereocenters. The molecule has 0 fully saturated rings. The van der Waals surface area contributed by atoms with Gasteiger partial charge in [-0.1, -0.05) is 36.4 Å². The van der Waals surface area contributed by atoms with Crippen LogP contribution < -0.4 is 15.4 Å². The lowest BCUT2D eigenvalue weighted by atomic mass is 9.77. The molecule has 12 heteroatoms. The zero-order valence-corrected chi connectivity index (χ0v) is 19.8. The minimum atomic E-state index is -5.14. The van der Waals surface area contributed by atoms with Crippen LogP contribution in [0.25, 0.3) is 0 Å². The molecule has 0 saturated heterocycles. The maximum absolute atomic E-state index is 14.7. The van der Waals surface area contributed by atoms with Gasteiger partial charge in [-0.15, -0.1) is 0 Å². The molecule has 0 bridgehead atoms. The molecule has 3 rings (SSSR count). The van der Waals surface area contributed by atoms with Crippen LogP contribution in [0.3, 0.4) is 0 Å². The van der Waals surface area contributed by atoms with Crippen LogP contribution in [0.2, 0.25) is 0 Å². The number of carbonyl (C=O) groups is 1. The van der Waals surface area contributed by atoms with E-state index in [-0.39, 0.29) is 29.9 Å². The number of ether oxygens (including phenoxy) is 1. The second-order valence-electron chi connectivity index (χ2n) is 8.29. The third-order valence-corrected chi connectivity index (χ3v) is 5.53. The molecule has 38 heavy (non-hydrogen) atoms. The van der Waals surface area contributed by atoms with E-state index in [1.54, 1.807) is 42.6 Å². The third kappa shape index (κ3) is 7.14. The Balaban J connectivity index is 2.31. The van der Waals surface area contributed by atoms with E-state index in [0.717, 1.165) is 18.2 Å². The van der Waals surface area contributed by atoms with Gasteiger partial charge in [-0.2, -0.15) is 26.3 Å². The van der Waals surface area contributed by atoms with Gasteiger partial charge >= 0.3 is 18.4 Å². The fraction of sp³-hybridized carbons (Fsp3) is 0.269. The smallest absolute Gasteiger partial charge is 0.419 e. The van der Waals surface area contributed by atoms with Gasteiger partial charge in [-0.3, -0.25) is 0 Å². The van der Waals surface area contributed by atoms with Crippen LogP contribution in [0, 0.1) is 11.6 Å². The molecule has 0 heterocycles. The number of rotatable bonds is 8. The van der Waals surface area contributed by atoms with Crippen molar-refractivity contribution in [1.29, 1.82) is 0 Å². The van der Waals surface area contributed by atoms with Gasteiger partial charge in [-0.25, -0.2) is 13.6 Å². The van der Waals surface area contributed by atoms with E-state index in [1.807, 2.05) is 0 Å². The van der Waals surface area contributed by atoms with Crippen molar-refractivity contribution in [3.05, 3.63) is 101 Å². The Morgan fingerprint density at radius 2 is 1.55 bits per heavy atom. The van der Waals surface area contributed by atoms with Crippen molar-refractivity contribution in [2.24, 2.45) is 0 Å². The highest BCUT2D eigenvalue weighted by Crippen LogP contribution is 2.40. The minimum Gasteiger partial charge on any atom is -0.494 e. The van der Waals surface area contributed by atoms with Crippen molar-refractivity contribution in [1.82, 2.24) is 10.6 Å². The highest BCUT2D eigenvalue weighted by atomic mass is 19.4. The molecular weight excluding hydrogens is 524 g/mol. The first-order valence-corrected chi connectivity index (χ1v) is 11.2. The van der Waals surface area contributed by atoms with E-state index < -0.39 is 47.7 Å². The Labute approximate surface area is 212 Å². The maximum Gasteiger partial charge on any atom is 0.419 e. The summed E-state index contributed by atoms with van der Waals surface area (Å²) in [5, 5.41) is 3.93. The SMILES string of the molecule is CCOc1cc(F)cc([C@](Cc2ccccc2)(NC(=O)NCC(F)(F)F)c2ccc(F)c(C(F)(F)F)c2)c1. The number of halogens is 8. The highest BCUT2D eigenvalue weighted by Gasteiger charge is 2.41. The van der Waals surface area contributed by atoms with Gasteiger partial charge in [0.05, 0.1) is 17.7 Å². The van der Waals surface area contributed by atoms with Crippen LogP contribution in [0.4, 0.5) is 39.9 Å². The summed E-state index contributed by atoms with van der Waals surface area (Å²) >= 11 is 0. The Morgan fingerprint density at radius 1 is 0.868 bits per heavy atom. The summed E-state index contributed by atoms with van der Waals surface area (Å²) in [6.07, 6.45) is -10.3. The molecule has 2 amide bonds. The van der Waals surface area contributed by atoms with E-state index in [4.69, 9.17) is 4.74 Å². The molecular formula is C26H22F8N2O2. The molecule has 4 nitrogen and oxygen atoms in total. The van der Waals surface area contributed by atoms with Crippen LogP contribution in [0.1, 0.15) is 29.2 Å². The third-order valence-electron chi connectivity index (χ3n) is 5.53. The molecule has 0 aromatic heterocycles. The average molecular weight is 546 g/mol. The number of nitrogens with one attached hydrogen (secondary N) is 2. The van der Waals surface area contributed by atoms with Gasteiger partial charge in [0, 0.05) is 12.5 Å². The number of hydrogen-bond acceptors (Lipinski definition) is 2. The van der Waals surface area contributed by atoms with Crippen molar-refractivity contribution in [2.75, 3.05) is 13.2 Å². The molecule has 3 aromatic rings. The standard InChI is InChI=1S/C26H22F8N2O2/c1-2-38-20-11-18(10-19(27)13-20)24(14-16-6-4-3-5-7-16,36-23(37)35-15-25(29,30)31)17-8-9-22(28)21(12-17)26(32,33)34/h3-13H,2,14-15H2,1H3,(H2,35,36,37)/t24-/m1/s1. The van der Waals surface area contributed by atoms with E-state index in [9.17, 15) is 39.9 Å². The average Bonchev–Trinajstić information content (AvgIpc) is 2.82. The van der Waals surface area contributed by atoms with Crippen molar-refractivity contribution in [3.63, 3.8) is 0 Å². The fourth-order valence-electron chi connectivity index (χ4n) is 3.95. The van der Waals surface area contributed by atoms with Crippen LogP contribution in [-0.4, -0.2) is 25.4 Å². The van der Waals surface area contributed by atoms with Crippen molar-refractivity contribution >= 4 is 6.03 Å². The van der Waals surface area contributed by atoms with E-state index in [1.165, 1.54) is 6.07 Å². The van der Waals surface area contributed by atoms with Crippen LogP contribution in [0.15, 0.2) is 66.7 Å². The normalized spacial score (nSPS) is 13.5. The largest absolute Gasteiger partial charge is 0.494 e. The van der Waals surface area contributed by atoms with Crippen molar-refractivity contribution < 1.29 is 44.7 Å². The van der Waals surface area contributed by atoms with E-state index >= 15 is 0 Å². The van der Waals surface area contributed by atoms with E-state index in [0.29, 0.717) is 17.7 Å². The number of hydrogen-bond donors (Lipinski definition) is 2. The van der Waals surface area contributed by atoms with Crippen LogP contribution in [-0.2, 0) is 18.1 Å². The Hall–Kier alpha value is -3.83. The predicted molar refractivity (Wildman–Crippen MR) is 122 cm³/mol. The fourth-order valence-corrected chi connectivity index (χ4v) is 3.95. The minimum absolute atomic E-state index is 0.0457. The number of carbonyl (C=O) groups excluding carboxylic acids is 1. The van der Waals surface area contributed by atoms with Gasteiger partial charge in [-0.05, 0) is 47.9 Å². The zero-order chi connectivity index (χ0) is 28.1. The first-order valence-electron chi connectivity index (χ1n) is 11.2. The zero-order valence-electron chi connectivity index (χ0n) is 19.8.